The second-order valence-corrected chi connectivity index (χ2v) is 3.40. The molecule has 0 heterocycles. The highest BCUT2D eigenvalue weighted by Gasteiger charge is 2.16. The first-order chi connectivity index (χ1) is 3.98. The van der Waals surface area contributed by atoms with Crippen molar-refractivity contribution in [3.63, 3.8) is 0 Å². The van der Waals surface area contributed by atoms with E-state index in [4.69, 9.17) is 0 Å². The molecule has 0 aromatic carbocycles. The van der Waals surface area contributed by atoms with E-state index < -0.39 is 0 Å². The fourth-order valence-corrected chi connectivity index (χ4v) is 0.799. The van der Waals surface area contributed by atoms with Crippen LogP contribution in [0.3, 0.4) is 0 Å². The Morgan fingerprint density at radius 1 is 1.40 bits per heavy atom. The van der Waals surface area contributed by atoms with Gasteiger partial charge in [0.1, 0.15) is 5.78 Å². The first-order valence-corrected chi connectivity index (χ1v) is 3.47. The molecule has 1 heteroatoms. The Hall–Kier alpha value is -0.330. The Morgan fingerprint density at radius 3 is 1.90 bits per heavy atom. The Labute approximate surface area is 64.8 Å². The minimum absolute atomic E-state index is 0. The van der Waals surface area contributed by atoms with Crippen molar-refractivity contribution in [2.75, 3.05) is 0 Å². The average Bonchev–Trinajstić information content (AvgIpc) is 1.63. The minimum atomic E-state index is 0. The van der Waals surface area contributed by atoms with Crippen LogP contribution in [0.1, 0.15) is 48.0 Å². The van der Waals surface area contributed by atoms with Crippen LogP contribution in [0, 0.1) is 5.41 Å². The summed E-state index contributed by atoms with van der Waals surface area (Å²) >= 11 is 0. The Bertz CT molecular complexity index is 103. The zero-order chi connectivity index (χ0) is 7.49. The van der Waals surface area contributed by atoms with Crippen molar-refractivity contribution in [3.05, 3.63) is 0 Å². The summed E-state index contributed by atoms with van der Waals surface area (Å²) < 4.78 is 0. The van der Waals surface area contributed by atoms with Crippen LogP contribution in [-0.2, 0) is 4.79 Å². The zero-order valence-electron chi connectivity index (χ0n) is 6.82. The van der Waals surface area contributed by atoms with Crippen molar-refractivity contribution in [2.24, 2.45) is 5.41 Å². The maximum absolute atomic E-state index is 10.6. The third-order valence-electron chi connectivity index (χ3n) is 1.68. The molecular formula is C9H20O. The van der Waals surface area contributed by atoms with Crippen LogP contribution >= 0.6 is 0 Å². The van der Waals surface area contributed by atoms with Crippen LogP contribution in [0.15, 0.2) is 0 Å². The monoisotopic (exact) mass is 144 g/mol. The molecule has 10 heavy (non-hydrogen) atoms. The number of hydrogen-bond acceptors (Lipinski definition) is 1. The van der Waals surface area contributed by atoms with Crippen molar-refractivity contribution >= 4 is 5.78 Å². The van der Waals surface area contributed by atoms with Gasteiger partial charge in [-0.05, 0) is 12.3 Å². The molecule has 62 valence electrons. The van der Waals surface area contributed by atoms with Crippen LogP contribution < -0.4 is 0 Å². The third-order valence-corrected chi connectivity index (χ3v) is 1.68. The fraction of sp³-hybridized carbons (Fsp3) is 0.889. The van der Waals surface area contributed by atoms with Gasteiger partial charge in [0, 0.05) is 6.42 Å². The summed E-state index contributed by atoms with van der Waals surface area (Å²) in [5.41, 5.74) is 0.214. The molecule has 0 radical (unpaired) electrons. The van der Waals surface area contributed by atoms with E-state index in [0.29, 0.717) is 12.2 Å². The maximum Gasteiger partial charge on any atom is 0.130 e. The summed E-state index contributed by atoms with van der Waals surface area (Å²) in [6.07, 6.45) is 1.79. The molecule has 0 unspecified atom stereocenters. The van der Waals surface area contributed by atoms with Gasteiger partial charge in [-0.2, -0.15) is 0 Å². The molecule has 0 aromatic rings. The summed E-state index contributed by atoms with van der Waals surface area (Å²) in [6, 6.07) is 0. The number of carbonyl (C=O) groups is 1. The van der Waals surface area contributed by atoms with E-state index in [1.54, 1.807) is 6.92 Å². The maximum atomic E-state index is 10.6. The molecule has 0 N–H and O–H groups in total. The first-order valence-electron chi connectivity index (χ1n) is 3.47. The summed E-state index contributed by atoms with van der Waals surface area (Å²) in [5, 5.41) is 0. The van der Waals surface area contributed by atoms with E-state index in [-0.39, 0.29) is 12.8 Å². The number of hydrogen-bond donors (Lipinski definition) is 0. The summed E-state index contributed by atoms with van der Waals surface area (Å²) in [6.45, 7) is 8.00. The molecule has 0 saturated carbocycles. The molecule has 0 saturated heterocycles. The molecule has 0 aliphatic heterocycles. The highest BCUT2D eigenvalue weighted by molar-refractivity contribution is 5.76. The predicted molar refractivity (Wildman–Crippen MR) is 46.1 cm³/mol. The first kappa shape index (κ1) is 12.4. The summed E-state index contributed by atoms with van der Waals surface area (Å²) in [5.74, 6) is 0.293. The SMILES string of the molecule is C.CCC(C)(C)CC(C)=O. The van der Waals surface area contributed by atoms with Crippen LogP contribution in [0.4, 0.5) is 0 Å². The van der Waals surface area contributed by atoms with E-state index in [1.165, 1.54) is 0 Å². The van der Waals surface area contributed by atoms with Crippen molar-refractivity contribution in [2.45, 2.75) is 48.0 Å². The number of carbonyl (C=O) groups excluding carboxylic acids is 1. The molecule has 0 aliphatic carbocycles. The Kier molecular flexibility index (Phi) is 5.54. The molecule has 0 aliphatic rings. The van der Waals surface area contributed by atoms with Crippen LogP contribution in [0.25, 0.3) is 0 Å². The van der Waals surface area contributed by atoms with Gasteiger partial charge in [-0.25, -0.2) is 0 Å². The smallest absolute Gasteiger partial charge is 0.130 e. The van der Waals surface area contributed by atoms with Crippen molar-refractivity contribution < 1.29 is 4.79 Å². The van der Waals surface area contributed by atoms with E-state index in [9.17, 15) is 4.79 Å². The van der Waals surface area contributed by atoms with Crippen molar-refractivity contribution in [1.82, 2.24) is 0 Å². The lowest BCUT2D eigenvalue weighted by atomic mass is 9.85. The molecule has 0 amide bonds. The van der Waals surface area contributed by atoms with E-state index in [1.807, 2.05) is 0 Å². The summed E-state index contributed by atoms with van der Waals surface area (Å²) in [4.78, 5) is 10.6. The summed E-state index contributed by atoms with van der Waals surface area (Å²) in [7, 11) is 0. The topological polar surface area (TPSA) is 17.1 Å². The Balaban J connectivity index is 0. The molecule has 1 nitrogen and oxygen atoms in total. The fourth-order valence-electron chi connectivity index (χ4n) is 0.799. The molecule has 0 atom stereocenters. The lowest BCUT2D eigenvalue weighted by Gasteiger charge is -2.19. The van der Waals surface area contributed by atoms with Gasteiger partial charge in [0.25, 0.3) is 0 Å². The number of Topliss-reactive ketones (excluding diaryl/α,β-unsaturated/α-hetero) is 1. The molecule has 0 rings (SSSR count). The lowest BCUT2D eigenvalue weighted by molar-refractivity contribution is -0.118. The highest BCUT2D eigenvalue weighted by atomic mass is 16.1. The van der Waals surface area contributed by atoms with E-state index in [0.717, 1.165) is 6.42 Å². The molecule has 0 aromatic heterocycles. The van der Waals surface area contributed by atoms with Gasteiger partial charge < -0.3 is 4.79 Å². The quantitative estimate of drug-likeness (QED) is 0.595. The van der Waals surface area contributed by atoms with Gasteiger partial charge in [0.15, 0.2) is 0 Å². The largest absolute Gasteiger partial charge is 0.300 e. The van der Waals surface area contributed by atoms with Gasteiger partial charge in [0.05, 0.1) is 0 Å². The average molecular weight is 144 g/mol. The zero-order valence-corrected chi connectivity index (χ0v) is 6.82. The third kappa shape index (κ3) is 5.80. The van der Waals surface area contributed by atoms with Gasteiger partial charge in [0.2, 0.25) is 0 Å². The predicted octanol–water partition coefficient (Wildman–Crippen LogP) is 3.04. The van der Waals surface area contributed by atoms with Crippen molar-refractivity contribution in [1.29, 1.82) is 0 Å². The standard InChI is InChI=1S/C8H16O.CH4/c1-5-8(3,4)6-7(2)9;/h5-6H2,1-4H3;1H4. The highest BCUT2D eigenvalue weighted by Crippen LogP contribution is 2.23. The van der Waals surface area contributed by atoms with E-state index in [2.05, 4.69) is 20.8 Å². The molecule has 0 spiro atoms. The lowest BCUT2D eigenvalue weighted by Crippen LogP contribution is -2.13. The van der Waals surface area contributed by atoms with Gasteiger partial charge in [-0.1, -0.05) is 34.6 Å². The van der Waals surface area contributed by atoms with Gasteiger partial charge in [-0.3, -0.25) is 0 Å². The van der Waals surface area contributed by atoms with Crippen LogP contribution in [0.5, 0.6) is 0 Å². The Morgan fingerprint density at radius 2 is 1.80 bits per heavy atom. The molecular weight excluding hydrogens is 124 g/mol. The van der Waals surface area contributed by atoms with E-state index >= 15 is 0 Å². The van der Waals surface area contributed by atoms with Crippen LogP contribution in [0.2, 0.25) is 0 Å². The molecule has 0 bridgehead atoms. The second kappa shape index (κ2) is 4.48. The normalized spacial score (nSPS) is 10.4. The number of rotatable bonds is 3. The molecule has 0 fully saturated rings. The van der Waals surface area contributed by atoms with Crippen molar-refractivity contribution in [3.8, 4) is 0 Å². The van der Waals surface area contributed by atoms with Gasteiger partial charge in [-0.15, -0.1) is 0 Å². The van der Waals surface area contributed by atoms with Crippen LogP contribution in [-0.4, -0.2) is 5.78 Å². The number of ketones is 1. The minimum Gasteiger partial charge on any atom is -0.300 e. The second-order valence-electron chi connectivity index (χ2n) is 3.40. The van der Waals surface area contributed by atoms with Gasteiger partial charge >= 0.3 is 0 Å².